The Balaban J connectivity index is 0.00000133. The zero-order valence-electron chi connectivity index (χ0n) is 10.6. The fraction of sp³-hybridized carbons (Fsp3) is 0.154. The van der Waals surface area contributed by atoms with Gasteiger partial charge in [0.25, 0.3) is 5.65 Å². The Morgan fingerprint density at radius 1 is 1.26 bits per heavy atom. The van der Waals surface area contributed by atoms with Crippen LogP contribution in [0.1, 0.15) is 0 Å². The summed E-state index contributed by atoms with van der Waals surface area (Å²) in [7, 11) is 3.60. The van der Waals surface area contributed by atoms with E-state index < -0.39 is 0 Å². The van der Waals surface area contributed by atoms with Gasteiger partial charge >= 0.3 is 5.56 Å². The molecule has 3 aromatic rings. The predicted octanol–water partition coefficient (Wildman–Crippen LogP) is -2.24. The second-order valence-corrected chi connectivity index (χ2v) is 4.29. The molecule has 2 aromatic heterocycles. The van der Waals surface area contributed by atoms with Crippen LogP contribution in [0.3, 0.4) is 0 Å². The van der Waals surface area contributed by atoms with Crippen molar-refractivity contribution in [1.82, 2.24) is 14.5 Å². The molecule has 6 heteroatoms. The van der Waals surface area contributed by atoms with Crippen LogP contribution in [0, 0.1) is 0 Å². The van der Waals surface area contributed by atoms with Gasteiger partial charge in [0.05, 0.1) is 14.1 Å². The lowest BCUT2D eigenvalue weighted by Crippen LogP contribution is -3.00. The third kappa shape index (κ3) is 2.27. The van der Waals surface area contributed by atoms with Gasteiger partial charge in [-0.3, -0.25) is 0 Å². The first-order valence-corrected chi connectivity index (χ1v) is 5.67. The monoisotopic (exact) mass is 368 g/mol. The Kier molecular flexibility index (Phi) is 3.70. The molecule has 0 aliphatic rings. The molecular formula is C13H13IN4O. The van der Waals surface area contributed by atoms with Gasteiger partial charge in [0.2, 0.25) is 11.3 Å². The summed E-state index contributed by atoms with van der Waals surface area (Å²) in [6, 6.07) is 9.76. The van der Waals surface area contributed by atoms with Gasteiger partial charge in [-0.2, -0.15) is 0 Å². The van der Waals surface area contributed by atoms with E-state index in [9.17, 15) is 4.79 Å². The first-order valence-electron chi connectivity index (χ1n) is 5.67. The number of imidazole rings is 1. The Labute approximate surface area is 126 Å². The topological polar surface area (TPSA) is 54.6 Å². The smallest absolute Gasteiger partial charge is 0.336 e. The van der Waals surface area contributed by atoms with Crippen molar-refractivity contribution in [2.45, 2.75) is 0 Å². The van der Waals surface area contributed by atoms with Crippen LogP contribution >= 0.6 is 0 Å². The van der Waals surface area contributed by atoms with Gasteiger partial charge in [-0.15, -0.1) is 0 Å². The normalized spacial score (nSPS) is 10.4. The predicted molar refractivity (Wildman–Crippen MR) is 67.9 cm³/mol. The highest BCUT2D eigenvalue weighted by molar-refractivity contribution is 5.72. The van der Waals surface area contributed by atoms with Crippen molar-refractivity contribution in [2.24, 2.45) is 14.1 Å². The molecule has 0 aliphatic carbocycles. The van der Waals surface area contributed by atoms with Gasteiger partial charge in [-0.25, -0.2) is 13.9 Å². The molecule has 0 saturated heterocycles. The van der Waals surface area contributed by atoms with Crippen molar-refractivity contribution in [3.63, 3.8) is 0 Å². The third-order valence-electron chi connectivity index (χ3n) is 2.95. The number of halogens is 1. The number of hydrogen-bond acceptors (Lipinski definition) is 2. The number of benzene rings is 1. The second kappa shape index (κ2) is 5.12. The molecular weight excluding hydrogens is 355 g/mol. The first-order chi connectivity index (χ1) is 8.66. The molecule has 98 valence electrons. The van der Waals surface area contributed by atoms with Crippen molar-refractivity contribution in [3.8, 4) is 11.4 Å². The molecule has 1 N–H and O–H groups in total. The fourth-order valence-corrected chi connectivity index (χ4v) is 2.04. The molecule has 3 rings (SSSR count). The minimum atomic E-state index is -0.0715. The van der Waals surface area contributed by atoms with E-state index in [-0.39, 0.29) is 29.5 Å². The number of hydrogen-bond donors (Lipinski definition) is 1. The van der Waals surface area contributed by atoms with Gasteiger partial charge in [0.15, 0.2) is 6.33 Å². The molecule has 0 amide bonds. The van der Waals surface area contributed by atoms with Crippen LogP contribution in [0.5, 0.6) is 0 Å². The first kappa shape index (κ1) is 13.7. The zero-order chi connectivity index (χ0) is 12.7. The highest BCUT2D eigenvalue weighted by atomic mass is 127. The molecule has 0 spiro atoms. The maximum Gasteiger partial charge on any atom is 0.336 e. The minimum Gasteiger partial charge on any atom is -1.00 e. The summed E-state index contributed by atoms with van der Waals surface area (Å²) in [5, 5.41) is 0. The number of nitrogens with zero attached hydrogens (tertiary/aromatic N) is 3. The molecule has 0 unspecified atom stereocenters. The number of fused-ring (bicyclic) bond motifs is 1. The molecule has 0 bridgehead atoms. The lowest BCUT2D eigenvalue weighted by atomic mass is 10.2. The quantitative estimate of drug-likeness (QED) is 0.390. The number of H-pyrrole nitrogens is 1. The average molecular weight is 368 g/mol. The molecule has 0 atom stereocenters. The molecule has 0 aliphatic heterocycles. The molecule has 0 saturated carbocycles. The van der Waals surface area contributed by atoms with Gasteiger partial charge < -0.3 is 29.0 Å². The van der Waals surface area contributed by atoms with E-state index in [4.69, 9.17) is 0 Å². The zero-order valence-corrected chi connectivity index (χ0v) is 12.7. The van der Waals surface area contributed by atoms with Crippen LogP contribution in [-0.4, -0.2) is 14.5 Å². The van der Waals surface area contributed by atoms with Crippen molar-refractivity contribution >= 4 is 11.2 Å². The van der Waals surface area contributed by atoms with Crippen LogP contribution in [-0.2, 0) is 14.1 Å². The highest BCUT2D eigenvalue weighted by Crippen LogP contribution is 2.16. The highest BCUT2D eigenvalue weighted by Gasteiger charge is 2.17. The van der Waals surface area contributed by atoms with E-state index >= 15 is 0 Å². The third-order valence-corrected chi connectivity index (χ3v) is 2.95. The number of aromatic amines is 1. The summed E-state index contributed by atoms with van der Waals surface area (Å²) in [5.74, 6) is 0.713. The van der Waals surface area contributed by atoms with Gasteiger partial charge in [0.1, 0.15) is 0 Å². The SMILES string of the molecule is Cn1c[n+](C)c2nc(-c3ccccc3)[nH]c2c1=O.[I-]. The summed E-state index contributed by atoms with van der Waals surface area (Å²) in [5.41, 5.74) is 2.09. The number of aromatic nitrogens is 4. The Morgan fingerprint density at radius 2 is 1.95 bits per heavy atom. The summed E-state index contributed by atoms with van der Waals surface area (Å²) in [6.45, 7) is 0. The summed E-state index contributed by atoms with van der Waals surface area (Å²) in [4.78, 5) is 19.6. The maximum atomic E-state index is 12.0. The molecule has 0 fully saturated rings. The average Bonchev–Trinajstić information content (AvgIpc) is 2.83. The van der Waals surface area contributed by atoms with Crippen LogP contribution < -0.4 is 34.1 Å². The van der Waals surface area contributed by atoms with E-state index in [1.165, 1.54) is 4.57 Å². The van der Waals surface area contributed by atoms with Crippen LogP contribution in [0.4, 0.5) is 0 Å². The molecule has 0 radical (unpaired) electrons. The van der Waals surface area contributed by atoms with E-state index in [1.54, 1.807) is 13.4 Å². The second-order valence-electron chi connectivity index (χ2n) is 4.29. The van der Waals surface area contributed by atoms with E-state index in [0.717, 1.165) is 5.56 Å². The fourth-order valence-electron chi connectivity index (χ4n) is 2.04. The van der Waals surface area contributed by atoms with Crippen LogP contribution in [0.25, 0.3) is 22.6 Å². The van der Waals surface area contributed by atoms with Crippen molar-refractivity contribution in [3.05, 3.63) is 47.0 Å². The van der Waals surface area contributed by atoms with Gasteiger partial charge in [-0.1, -0.05) is 23.2 Å². The number of aryl methyl sites for hydroxylation is 2. The molecule has 19 heavy (non-hydrogen) atoms. The Morgan fingerprint density at radius 3 is 2.63 bits per heavy atom. The lowest BCUT2D eigenvalue weighted by molar-refractivity contribution is -0.651. The summed E-state index contributed by atoms with van der Waals surface area (Å²) in [6.07, 6.45) is 1.72. The molecule has 1 aromatic carbocycles. The van der Waals surface area contributed by atoms with Crippen LogP contribution in [0.15, 0.2) is 41.5 Å². The summed E-state index contributed by atoms with van der Waals surface area (Å²) >= 11 is 0. The standard InChI is InChI=1S/C13H12N4O.HI/c1-16-8-17(2)13(18)10-12(16)15-11(14-10)9-6-4-3-5-7-9;/h3-8H,1-2H3;1H. The van der Waals surface area contributed by atoms with Crippen molar-refractivity contribution in [1.29, 1.82) is 0 Å². The van der Waals surface area contributed by atoms with E-state index in [0.29, 0.717) is 17.0 Å². The lowest BCUT2D eigenvalue weighted by Gasteiger charge is -1.94. The molecule has 2 heterocycles. The minimum absolute atomic E-state index is 0. The summed E-state index contributed by atoms with van der Waals surface area (Å²) < 4.78 is 3.37. The maximum absolute atomic E-state index is 12.0. The van der Waals surface area contributed by atoms with Crippen molar-refractivity contribution < 1.29 is 28.5 Å². The van der Waals surface area contributed by atoms with Gasteiger partial charge in [0, 0.05) is 5.56 Å². The largest absolute Gasteiger partial charge is 1.00 e. The van der Waals surface area contributed by atoms with Crippen molar-refractivity contribution in [2.75, 3.05) is 0 Å². The Hall–Kier alpha value is -1.70. The Bertz CT molecular complexity index is 776. The molecule has 5 nitrogen and oxygen atoms in total. The van der Waals surface area contributed by atoms with E-state index in [2.05, 4.69) is 9.97 Å². The van der Waals surface area contributed by atoms with Crippen LogP contribution in [0.2, 0.25) is 0 Å². The van der Waals surface area contributed by atoms with Gasteiger partial charge in [-0.05, 0) is 12.1 Å². The number of rotatable bonds is 1. The van der Waals surface area contributed by atoms with E-state index in [1.807, 2.05) is 41.9 Å². The number of nitrogens with one attached hydrogen (secondary N) is 1.